The number of pyridine rings is 1. The van der Waals surface area contributed by atoms with E-state index >= 15 is 0 Å². The van der Waals surface area contributed by atoms with Crippen molar-refractivity contribution in [1.29, 1.82) is 0 Å². The summed E-state index contributed by atoms with van der Waals surface area (Å²) in [5.41, 5.74) is 8.67. The minimum absolute atomic E-state index is 0.0557. The number of Topliss-reactive ketones (excluding diaryl/α,β-unsaturated/α-hetero) is 1. The fraction of sp³-hybridized carbons (Fsp3) is 0.240. The Morgan fingerprint density at radius 2 is 1.90 bits per heavy atom. The number of ketones is 1. The summed E-state index contributed by atoms with van der Waals surface area (Å²) in [4.78, 5) is 21.6. The van der Waals surface area contributed by atoms with E-state index in [4.69, 9.17) is 15.2 Å². The third kappa shape index (κ3) is 5.16. The first-order chi connectivity index (χ1) is 15.0. The topological polar surface area (TPSA) is 86.8 Å². The predicted octanol–water partition coefficient (Wildman–Crippen LogP) is 3.69. The molecule has 0 saturated carbocycles. The van der Waals surface area contributed by atoms with Gasteiger partial charge in [0, 0.05) is 6.42 Å². The number of benzene rings is 2. The van der Waals surface area contributed by atoms with Crippen LogP contribution in [-0.4, -0.2) is 29.8 Å². The van der Waals surface area contributed by atoms with Crippen LogP contribution in [-0.2, 0) is 23.3 Å². The average Bonchev–Trinajstić information content (AvgIpc) is 2.79. The number of hydrogen-bond donors (Lipinski definition) is 1. The number of ether oxygens (including phenoxy) is 2. The normalized spacial score (nSPS) is 18.3. The lowest BCUT2D eigenvalue weighted by molar-refractivity contribution is 0.0987. The number of hydrogen-bond acceptors (Lipinski definition) is 6. The van der Waals surface area contributed by atoms with Crippen LogP contribution in [0.3, 0.4) is 0 Å². The molecule has 1 unspecified atom stereocenters. The number of aromatic nitrogens is 1. The van der Waals surface area contributed by atoms with Crippen LogP contribution < -0.4 is 10.5 Å². The summed E-state index contributed by atoms with van der Waals surface area (Å²) in [7, 11) is 0. The molecule has 1 atom stereocenters. The molecule has 3 aromatic rings. The molecule has 0 fully saturated rings. The molecule has 0 aliphatic carbocycles. The second kappa shape index (κ2) is 9.10. The highest BCUT2D eigenvalue weighted by Gasteiger charge is 2.30. The minimum Gasteiger partial charge on any atom is -0.487 e. The predicted molar refractivity (Wildman–Crippen MR) is 119 cm³/mol. The van der Waals surface area contributed by atoms with Gasteiger partial charge in [-0.05, 0) is 35.7 Å². The molecular formula is C25H25N3O3. The summed E-state index contributed by atoms with van der Waals surface area (Å²) in [6.45, 7) is 3.25. The summed E-state index contributed by atoms with van der Waals surface area (Å²) < 4.78 is 11.3. The molecule has 31 heavy (non-hydrogen) atoms. The van der Waals surface area contributed by atoms with Gasteiger partial charge in [0.2, 0.25) is 0 Å². The Balaban J connectivity index is 1.41. The number of carbonyl (C=O) groups excluding carboxylic acids is 1. The van der Waals surface area contributed by atoms with Crippen LogP contribution in [0.5, 0.6) is 5.75 Å². The maximum Gasteiger partial charge on any atom is 0.185 e. The van der Waals surface area contributed by atoms with Gasteiger partial charge in [-0.3, -0.25) is 9.79 Å². The van der Waals surface area contributed by atoms with Crippen LogP contribution in [0.25, 0.3) is 0 Å². The van der Waals surface area contributed by atoms with Gasteiger partial charge in [-0.25, -0.2) is 4.98 Å². The van der Waals surface area contributed by atoms with Crippen LogP contribution in [0, 0.1) is 0 Å². The molecule has 1 aliphatic rings. The molecule has 2 N–H and O–H groups in total. The number of aliphatic imine (C=N–C) groups is 1. The fourth-order valence-electron chi connectivity index (χ4n) is 3.55. The van der Waals surface area contributed by atoms with Gasteiger partial charge in [-0.2, -0.15) is 0 Å². The van der Waals surface area contributed by atoms with Crippen LogP contribution in [0.2, 0.25) is 0 Å². The van der Waals surface area contributed by atoms with Gasteiger partial charge < -0.3 is 15.2 Å². The van der Waals surface area contributed by atoms with E-state index in [0.29, 0.717) is 37.1 Å². The van der Waals surface area contributed by atoms with Gasteiger partial charge in [0.1, 0.15) is 36.0 Å². The Hall–Kier alpha value is -3.51. The molecule has 1 aromatic heterocycles. The first kappa shape index (κ1) is 20.8. The van der Waals surface area contributed by atoms with Crippen molar-refractivity contribution in [1.82, 2.24) is 4.98 Å². The van der Waals surface area contributed by atoms with E-state index in [0.717, 1.165) is 16.7 Å². The van der Waals surface area contributed by atoms with E-state index in [1.54, 1.807) is 18.3 Å². The molecule has 0 bridgehead atoms. The van der Waals surface area contributed by atoms with Crippen molar-refractivity contribution < 1.29 is 14.3 Å². The molecule has 2 aromatic carbocycles. The minimum atomic E-state index is -0.544. The summed E-state index contributed by atoms with van der Waals surface area (Å²) in [6.07, 6.45) is 1.84. The fourth-order valence-corrected chi connectivity index (χ4v) is 3.55. The Bertz CT molecular complexity index is 1080. The average molecular weight is 415 g/mol. The second-order valence-electron chi connectivity index (χ2n) is 7.82. The highest BCUT2D eigenvalue weighted by atomic mass is 16.5. The van der Waals surface area contributed by atoms with Crippen molar-refractivity contribution in [3.05, 3.63) is 95.3 Å². The van der Waals surface area contributed by atoms with E-state index in [1.807, 2.05) is 61.5 Å². The van der Waals surface area contributed by atoms with Gasteiger partial charge in [-0.15, -0.1) is 0 Å². The van der Waals surface area contributed by atoms with Gasteiger partial charge in [0.15, 0.2) is 5.78 Å². The van der Waals surface area contributed by atoms with E-state index < -0.39 is 5.54 Å². The summed E-state index contributed by atoms with van der Waals surface area (Å²) >= 11 is 0. The van der Waals surface area contributed by atoms with Crippen LogP contribution >= 0.6 is 0 Å². The Labute approximate surface area is 181 Å². The molecule has 0 saturated heterocycles. The van der Waals surface area contributed by atoms with Crippen LogP contribution in [0.15, 0.2) is 77.9 Å². The molecule has 6 nitrogen and oxygen atoms in total. The maximum atomic E-state index is 12.7. The molecular weight excluding hydrogens is 390 g/mol. The van der Waals surface area contributed by atoms with Crippen molar-refractivity contribution in [3.8, 4) is 5.75 Å². The second-order valence-corrected chi connectivity index (χ2v) is 7.82. The number of carbonyl (C=O) groups is 1. The highest BCUT2D eigenvalue weighted by molar-refractivity contribution is 5.95. The Kier molecular flexibility index (Phi) is 6.09. The van der Waals surface area contributed by atoms with E-state index in [-0.39, 0.29) is 12.2 Å². The summed E-state index contributed by atoms with van der Waals surface area (Å²) in [6, 6.07) is 21.2. The first-order valence-corrected chi connectivity index (χ1v) is 10.2. The van der Waals surface area contributed by atoms with Gasteiger partial charge in [-0.1, -0.05) is 54.6 Å². The van der Waals surface area contributed by atoms with E-state index in [9.17, 15) is 4.79 Å². The van der Waals surface area contributed by atoms with Crippen LogP contribution in [0.4, 0.5) is 0 Å². The Morgan fingerprint density at radius 1 is 1.10 bits per heavy atom. The lowest BCUT2D eigenvalue weighted by Crippen LogP contribution is -2.37. The molecule has 158 valence electrons. The highest BCUT2D eigenvalue weighted by Crippen LogP contribution is 2.29. The SMILES string of the molecule is CC1(c2cccc(CC(=O)c3ccc(OCc4ccccc4)cn3)c2)COCC(N)=N1. The van der Waals surface area contributed by atoms with E-state index in [1.165, 1.54) is 0 Å². The summed E-state index contributed by atoms with van der Waals surface area (Å²) in [5.74, 6) is 1.05. The molecule has 2 heterocycles. The van der Waals surface area contributed by atoms with Crippen molar-refractivity contribution in [3.63, 3.8) is 0 Å². The largest absolute Gasteiger partial charge is 0.487 e. The summed E-state index contributed by atoms with van der Waals surface area (Å²) in [5, 5.41) is 0. The van der Waals surface area contributed by atoms with Gasteiger partial charge in [0.05, 0.1) is 12.8 Å². The molecule has 6 heteroatoms. The van der Waals surface area contributed by atoms with Gasteiger partial charge >= 0.3 is 0 Å². The smallest absolute Gasteiger partial charge is 0.185 e. The Morgan fingerprint density at radius 3 is 2.65 bits per heavy atom. The number of nitrogens with two attached hydrogens (primary N) is 1. The maximum absolute atomic E-state index is 12.7. The lowest BCUT2D eigenvalue weighted by atomic mass is 9.90. The third-order valence-corrected chi connectivity index (χ3v) is 5.21. The molecule has 0 radical (unpaired) electrons. The zero-order chi connectivity index (χ0) is 21.7. The standard InChI is InChI=1S/C25H25N3O3/c1-25(17-30-16-24(26)28-25)20-9-5-8-19(12-20)13-23(29)22-11-10-21(14-27-22)31-15-18-6-3-2-4-7-18/h2-12,14H,13,15-17H2,1H3,(H2,26,28). The van der Waals surface area contributed by atoms with Crippen molar-refractivity contribution >= 4 is 11.6 Å². The monoisotopic (exact) mass is 415 g/mol. The van der Waals surface area contributed by atoms with E-state index in [2.05, 4.69) is 9.98 Å². The zero-order valence-corrected chi connectivity index (χ0v) is 17.5. The first-order valence-electron chi connectivity index (χ1n) is 10.2. The molecule has 0 spiro atoms. The molecule has 0 amide bonds. The van der Waals surface area contributed by atoms with Crippen LogP contribution in [0.1, 0.15) is 34.1 Å². The lowest BCUT2D eigenvalue weighted by Gasteiger charge is -2.30. The van der Waals surface area contributed by atoms with Crippen molar-refractivity contribution in [2.45, 2.75) is 25.5 Å². The third-order valence-electron chi connectivity index (χ3n) is 5.21. The molecule has 1 aliphatic heterocycles. The van der Waals surface area contributed by atoms with Crippen molar-refractivity contribution in [2.24, 2.45) is 10.7 Å². The quantitative estimate of drug-likeness (QED) is 0.595. The van der Waals surface area contributed by atoms with Gasteiger partial charge in [0.25, 0.3) is 0 Å². The number of nitrogens with zero attached hydrogens (tertiary/aromatic N) is 2. The van der Waals surface area contributed by atoms with Crippen molar-refractivity contribution in [2.75, 3.05) is 13.2 Å². The molecule has 4 rings (SSSR count). The number of amidine groups is 1. The zero-order valence-electron chi connectivity index (χ0n) is 17.5. The number of rotatable bonds is 7.